The number of hydrogen-bond acceptors (Lipinski definition) is 0. The Morgan fingerprint density at radius 2 is 0.963 bits per heavy atom. The van der Waals surface area contributed by atoms with Gasteiger partial charge in [0.2, 0.25) is 0 Å². The zero-order valence-electron chi connectivity index (χ0n) is 19.5. The van der Waals surface area contributed by atoms with Gasteiger partial charge in [0, 0.05) is 17.1 Å². The predicted octanol–water partition coefficient (Wildman–Crippen LogP) is 7.32. The lowest BCUT2D eigenvalue weighted by molar-refractivity contribution is 0.567. The molecular formula is C26H41N. The van der Waals surface area contributed by atoms with Crippen LogP contribution in [0.4, 0.5) is 0 Å². The first-order valence-corrected chi connectivity index (χ1v) is 10.9. The Morgan fingerprint density at radius 3 is 1.22 bits per heavy atom. The molecule has 1 heteroatoms. The first kappa shape index (κ1) is 21.8. The number of nitrogens with zero attached hydrogens (tertiary/aromatic N) is 1. The third-order valence-electron chi connectivity index (χ3n) is 5.89. The van der Waals surface area contributed by atoms with Crippen LogP contribution in [0.1, 0.15) is 103 Å². The number of benzene rings is 1. The molecule has 0 unspecified atom stereocenters. The van der Waals surface area contributed by atoms with Crippen molar-refractivity contribution >= 4 is 0 Å². The molecule has 0 aliphatic rings. The molecule has 1 nitrogen and oxygen atoms in total. The zero-order valence-corrected chi connectivity index (χ0v) is 19.5. The van der Waals surface area contributed by atoms with Crippen LogP contribution in [-0.2, 0) is 36.5 Å². The van der Waals surface area contributed by atoms with Crippen LogP contribution in [0.15, 0.2) is 18.2 Å². The Morgan fingerprint density at radius 1 is 0.593 bits per heavy atom. The fraction of sp³-hybridized carbons (Fsp3) is 0.615. The minimum absolute atomic E-state index is 0.142. The van der Waals surface area contributed by atoms with E-state index < -0.39 is 0 Å². The largest absolute Gasteiger partial charge is 0.317 e. The molecule has 2 rings (SSSR count). The van der Waals surface area contributed by atoms with Gasteiger partial charge in [-0.25, -0.2) is 0 Å². The van der Waals surface area contributed by atoms with Crippen molar-refractivity contribution in [1.82, 2.24) is 4.57 Å². The SMILES string of the molecule is CCc1c(CC)c(CC)n(-c2cc(C(C)(C)C)cc(C(C)(C)C)c2)c1CC. The molecule has 0 bridgehead atoms. The van der Waals surface area contributed by atoms with E-state index in [0.29, 0.717) is 0 Å². The van der Waals surface area contributed by atoms with Crippen molar-refractivity contribution in [2.24, 2.45) is 0 Å². The Balaban J connectivity index is 2.91. The second kappa shape index (κ2) is 7.86. The van der Waals surface area contributed by atoms with Gasteiger partial charge in [-0.2, -0.15) is 0 Å². The maximum atomic E-state index is 2.60. The Bertz CT molecular complexity index is 729. The van der Waals surface area contributed by atoms with Gasteiger partial charge < -0.3 is 4.57 Å². The fourth-order valence-electron chi connectivity index (χ4n) is 4.28. The van der Waals surface area contributed by atoms with E-state index in [2.05, 4.69) is 92.0 Å². The topological polar surface area (TPSA) is 4.93 Å². The molecule has 1 aromatic carbocycles. The molecule has 0 aliphatic heterocycles. The van der Waals surface area contributed by atoms with Gasteiger partial charge in [-0.05, 0) is 70.9 Å². The lowest BCUT2D eigenvalue weighted by Gasteiger charge is -2.27. The molecule has 1 heterocycles. The smallest absolute Gasteiger partial charge is 0.0461 e. The highest BCUT2D eigenvalue weighted by Gasteiger charge is 2.24. The summed E-state index contributed by atoms with van der Waals surface area (Å²) in [5, 5.41) is 0. The summed E-state index contributed by atoms with van der Waals surface area (Å²) in [6.07, 6.45) is 4.41. The molecule has 27 heavy (non-hydrogen) atoms. The molecule has 0 N–H and O–H groups in total. The van der Waals surface area contributed by atoms with E-state index in [-0.39, 0.29) is 10.8 Å². The Labute approximate surface area is 168 Å². The predicted molar refractivity (Wildman–Crippen MR) is 121 cm³/mol. The Kier molecular flexibility index (Phi) is 6.34. The van der Waals surface area contributed by atoms with Crippen LogP contribution in [0.25, 0.3) is 5.69 Å². The van der Waals surface area contributed by atoms with Crippen molar-refractivity contribution in [1.29, 1.82) is 0 Å². The number of rotatable bonds is 5. The van der Waals surface area contributed by atoms with Crippen LogP contribution < -0.4 is 0 Å². The lowest BCUT2D eigenvalue weighted by Crippen LogP contribution is -2.18. The molecule has 0 saturated carbocycles. The van der Waals surface area contributed by atoms with Gasteiger partial charge >= 0.3 is 0 Å². The Hall–Kier alpha value is -1.50. The molecule has 0 spiro atoms. The average Bonchev–Trinajstić information content (AvgIpc) is 2.92. The van der Waals surface area contributed by atoms with Crippen LogP contribution in [0, 0.1) is 0 Å². The summed E-state index contributed by atoms with van der Waals surface area (Å²) in [4.78, 5) is 0. The molecule has 0 saturated heterocycles. The minimum atomic E-state index is 0.142. The fourth-order valence-corrected chi connectivity index (χ4v) is 4.28. The summed E-state index contributed by atoms with van der Waals surface area (Å²) in [7, 11) is 0. The third kappa shape index (κ3) is 4.18. The second-order valence-corrected chi connectivity index (χ2v) is 9.87. The van der Waals surface area contributed by atoms with E-state index in [4.69, 9.17) is 0 Å². The highest BCUT2D eigenvalue weighted by atomic mass is 15.0. The maximum absolute atomic E-state index is 2.60. The molecule has 0 atom stereocenters. The molecule has 0 amide bonds. The van der Waals surface area contributed by atoms with Crippen LogP contribution >= 0.6 is 0 Å². The van der Waals surface area contributed by atoms with Gasteiger partial charge in [-0.3, -0.25) is 0 Å². The summed E-state index contributed by atoms with van der Waals surface area (Å²) in [5.74, 6) is 0. The summed E-state index contributed by atoms with van der Waals surface area (Å²) in [6, 6.07) is 7.30. The molecule has 2 aromatic rings. The van der Waals surface area contributed by atoms with E-state index in [1.807, 2.05) is 0 Å². The molecule has 0 fully saturated rings. The summed E-state index contributed by atoms with van der Waals surface area (Å²) < 4.78 is 2.60. The van der Waals surface area contributed by atoms with Crippen LogP contribution in [0.2, 0.25) is 0 Å². The highest BCUT2D eigenvalue weighted by molar-refractivity contribution is 5.52. The molecule has 150 valence electrons. The first-order valence-electron chi connectivity index (χ1n) is 10.9. The van der Waals surface area contributed by atoms with E-state index in [9.17, 15) is 0 Å². The van der Waals surface area contributed by atoms with E-state index in [1.54, 1.807) is 11.1 Å². The quantitative estimate of drug-likeness (QED) is 0.521. The van der Waals surface area contributed by atoms with Gasteiger partial charge in [-0.1, -0.05) is 75.3 Å². The monoisotopic (exact) mass is 367 g/mol. The van der Waals surface area contributed by atoms with Gasteiger partial charge in [0.1, 0.15) is 0 Å². The van der Waals surface area contributed by atoms with Crippen molar-refractivity contribution in [3.8, 4) is 5.69 Å². The number of aromatic nitrogens is 1. The van der Waals surface area contributed by atoms with Crippen molar-refractivity contribution < 1.29 is 0 Å². The van der Waals surface area contributed by atoms with Gasteiger partial charge in [0.05, 0.1) is 0 Å². The molecule has 1 aromatic heterocycles. The zero-order chi connectivity index (χ0) is 20.6. The first-order chi connectivity index (χ1) is 12.5. The maximum Gasteiger partial charge on any atom is 0.0461 e. The van der Waals surface area contributed by atoms with E-state index >= 15 is 0 Å². The van der Waals surface area contributed by atoms with Crippen molar-refractivity contribution in [2.75, 3.05) is 0 Å². The van der Waals surface area contributed by atoms with E-state index in [0.717, 1.165) is 25.7 Å². The van der Waals surface area contributed by atoms with Gasteiger partial charge in [0.25, 0.3) is 0 Å². The minimum Gasteiger partial charge on any atom is -0.317 e. The highest BCUT2D eigenvalue weighted by Crippen LogP contribution is 2.35. The average molecular weight is 368 g/mol. The third-order valence-corrected chi connectivity index (χ3v) is 5.89. The molecule has 0 aliphatic carbocycles. The second-order valence-electron chi connectivity index (χ2n) is 9.87. The van der Waals surface area contributed by atoms with Crippen LogP contribution in [0.3, 0.4) is 0 Å². The number of hydrogen-bond donors (Lipinski definition) is 0. The van der Waals surface area contributed by atoms with Crippen LogP contribution in [-0.4, -0.2) is 4.57 Å². The van der Waals surface area contributed by atoms with Crippen LogP contribution in [0.5, 0.6) is 0 Å². The summed E-state index contributed by atoms with van der Waals surface area (Å²) >= 11 is 0. The summed E-state index contributed by atoms with van der Waals surface area (Å²) in [6.45, 7) is 23.2. The summed E-state index contributed by atoms with van der Waals surface area (Å²) in [5.41, 5.74) is 10.7. The van der Waals surface area contributed by atoms with Gasteiger partial charge in [0.15, 0.2) is 0 Å². The normalized spacial score (nSPS) is 12.7. The lowest BCUT2D eigenvalue weighted by atomic mass is 9.80. The van der Waals surface area contributed by atoms with E-state index in [1.165, 1.54) is 28.2 Å². The van der Waals surface area contributed by atoms with Crippen molar-refractivity contribution in [3.05, 3.63) is 51.8 Å². The molecular weight excluding hydrogens is 326 g/mol. The molecule has 0 radical (unpaired) electrons. The van der Waals surface area contributed by atoms with Crippen molar-refractivity contribution in [2.45, 2.75) is 106 Å². The standard InChI is InChI=1S/C26H41N/c1-11-21-22(12-2)24(14-4)27(23(21)13-3)20-16-18(25(5,6)7)15-19(17-20)26(8,9)10/h15-17H,11-14H2,1-10H3. The van der Waals surface area contributed by atoms with Gasteiger partial charge in [-0.15, -0.1) is 0 Å². The van der Waals surface area contributed by atoms with Crippen molar-refractivity contribution in [3.63, 3.8) is 0 Å².